The van der Waals surface area contributed by atoms with Crippen molar-refractivity contribution in [2.45, 2.75) is 23.6 Å². The molecule has 0 saturated heterocycles. The zero-order valence-corrected chi connectivity index (χ0v) is 18.1. The summed E-state index contributed by atoms with van der Waals surface area (Å²) in [5.41, 5.74) is 2.53. The van der Waals surface area contributed by atoms with Crippen molar-refractivity contribution in [1.82, 2.24) is 10.3 Å². The molecule has 3 heterocycles. The lowest BCUT2D eigenvalue weighted by Crippen LogP contribution is -2.36. The number of rotatable bonds is 5. The average molecular weight is 457 g/mol. The van der Waals surface area contributed by atoms with E-state index in [1.807, 2.05) is 0 Å². The predicted molar refractivity (Wildman–Crippen MR) is 118 cm³/mol. The smallest absolute Gasteiger partial charge is 0.313 e. The third-order valence-electron chi connectivity index (χ3n) is 4.84. The molecule has 0 radical (unpaired) electrons. The number of nitrogens with one attached hydrogen (secondary N) is 2. The Balaban J connectivity index is 1.49. The first-order valence-electron chi connectivity index (χ1n) is 9.62. The second kappa shape index (κ2) is 8.86. The average Bonchev–Trinajstić information content (AvgIpc) is 3.33. The van der Waals surface area contributed by atoms with Crippen LogP contribution in [-0.2, 0) is 32.6 Å². The van der Waals surface area contributed by atoms with E-state index >= 15 is 0 Å². The largest absolute Gasteiger partial charge is 0.344 e. The number of amides is 2. The van der Waals surface area contributed by atoms with Gasteiger partial charge in [-0.2, -0.15) is 0 Å². The second-order valence-electron chi connectivity index (χ2n) is 6.95. The van der Waals surface area contributed by atoms with E-state index in [0.29, 0.717) is 24.3 Å². The van der Waals surface area contributed by atoms with Gasteiger partial charge in [-0.3, -0.25) is 18.9 Å². The molecule has 2 amide bonds. The van der Waals surface area contributed by atoms with Gasteiger partial charge in [0.25, 0.3) is 10.0 Å². The Morgan fingerprint density at radius 3 is 2.74 bits per heavy atom. The molecule has 3 aromatic rings. The molecule has 0 aliphatic carbocycles. The lowest BCUT2D eigenvalue weighted by atomic mass is 10.0. The molecular formula is C21H20N4O4S2. The SMILES string of the molecule is O=C(NCc1cccnc1)C(=O)Nc1ccc2c(c1)N(S(=O)(=O)c1cccs1)CCC2. The third-order valence-corrected chi connectivity index (χ3v) is 8.03. The fraction of sp³-hybridized carbons (Fsp3) is 0.190. The van der Waals surface area contributed by atoms with Crippen molar-refractivity contribution in [3.8, 4) is 0 Å². The summed E-state index contributed by atoms with van der Waals surface area (Å²) in [5.74, 6) is -1.61. The number of aryl methyl sites for hydroxylation is 1. The normalized spacial score (nSPS) is 13.4. The Labute approximate surface area is 184 Å². The number of sulfonamides is 1. The zero-order valence-electron chi connectivity index (χ0n) is 16.4. The summed E-state index contributed by atoms with van der Waals surface area (Å²) in [7, 11) is -3.68. The predicted octanol–water partition coefficient (Wildman–Crippen LogP) is 2.54. The van der Waals surface area contributed by atoms with Gasteiger partial charge in [0.15, 0.2) is 0 Å². The van der Waals surface area contributed by atoms with Gasteiger partial charge in [0.2, 0.25) is 0 Å². The van der Waals surface area contributed by atoms with Crippen LogP contribution in [0.4, 0.5) is 11.4 Å². The van der Waals surface area contributed by atoms with Crippen LogP contribution in [0.2, 0.25) is 0 Å². The number of anilines is 2. The Hall–Kier alpha value is -3.24. The van der Waals surface area contributed by atoms with E-state index in [9.17, 15) is 18.0 Å². The maximum atomic E-state index is 13.1. The first-order valence-corrected chi connectivity index (χ1v) is 11.9. The van der Waals surface area contributed by atoms with Gasteiger partial charge in [-0.05, 0) is 53.6 Å². The molecule has 1 aliphatic rings. The summed E-state index contributed by atoms with van der Waals surface area (Å²) in [5, 5.41) is 6.81. The summed E-state index contributed by atoms with van der Waals surface area (Å²) in [4.78, 5) is 28.4. The zero-order chi connectivity index (χ0) is 21.8. The molecule has 0 bridgehead atoms. The molecule has 0 spiro atoms. The number of carbonyl (C=O) groups is 2. The van der Waals surface area contributed by atoms with Gasteiger partial charge >= 0.3 is 11.8 Å². The minimum atomic E-state index is -3.68. The Kier molecular flexibility index (Phi) is 6.01. The van der Waals surface area contributed by atoms with Crippen molar-refractivity contribution < 1.29 is 18.0 Å². The lowest BCUT2D eigenvalue weighted by Gasteiger charge is -2.30. The monoisotopic (exact) mass is 456 g/mol. The van der Waals surface area contributed by atoms with E-state index in [-0.39, 0.29) is 10.8 Å². The van der Waals surface area contributed by atoms with Gasteiger partial charge in [0.05, 0.1) is 5.69 Å². The Bertz CT molecular complexity index is 1200. The van der Waals surface area contributed by atoms with E-state index < -0.39 is 21.8 Å². The van der Waals surface area contributed by atoms with Crippen LogP contribution in [0.1, 0.15) is 17.5 Å². The Morgan fingerprint density at radius 1 is 1.13 bits per heavy atom. The second-order valence-corrected chi connectivity index (χ2v) is 9.99. The van der Waals surface area contributed by atoms with E-state index in [1.165, 1.54) is 4.31 Å². The van der Waals surface area contributed by atoms with Crippen LogP contribution in [0.25, 0.3) is 0 Å². The number of aromatic nitrogens is 1. The fourth-order valence-electron chi connectivity index (χ4n) is 3.34. The van der Waals surface area contributed by atoms with Gasteiger partial charge in [0.1, 0.15) is 4.21 Å². The molecule has 0 unspecified atom stereocenters. The fourth-order valence-corrected chi connectivity index (χ4v) is 5.98. The highest BCUT2D eigenvalue weighted by Gasteiger charge is 2.30. The van der Waals surface area contributed by atoms with Crippen LogP contribution < -0.4 is 14.9 Å². The molecule has 1 aromatic carbocycles. The minimum Gasteiger partial charge on any atom is -0.344 e. The van der Waals surface area contributed by atoms with Gasteiger partial charge in [-0.1, -0.05) is 18.2 Å². The summed E-state index contributed by atoms with van der Waals surface area (Å²) in [6.45, 7) is 0.535. The minimum absolute atomic E-state index is 0.178. The molecule has 2 aromatic heterocycles. The first-order chi connectivity index (χ1) is 14.9. The quantitative estimate of drug-likeness (QED) is 0.574. The molecule has 31 heavy (non-hydrogen) atoms. The molecular weight excluding hydrogens is 436 g/mol. The number of carbonyl (C=O) groups excluding carboxylic acids is 2. The van der Waals surface area contributed by atoms with Gasteiger partial charge in [0, 0.05) is 31.2 Å². The molecule has 1 aliphatic heterocycles. The van der Waals surface area contributed by atoms with Crippen LogP contribution in [-0.4, -0.2) is 31.8 Å². The van der Waals surface area contributed by atoms with Crippen LogP contribution >= 0.6 is 11.3 Å². The number of nitrogens with zero attached hydrogens (tertiary/aromatic N) is 2. The number of hydrogen-bond donors (Lipinski definition) is 2. The lowest BCUT2D eigenvalue weighted by molar-refractivity contribution is -0.136. The molecule has 160 valence electrons. The summed E-state index contributed by atoms with van der Waals surface area (Å²) in [6, 6.07) is 11.9. The summed E-state index contributed by atoms with van der Waals surface area (Å²) < 4.78 is 27.7. The topological polar surface area (TPSA) is 108 Å². The van der Waals surface area contributed by atoms with E-state index in [2.05, 4.69) is 15.6 Å². The number of thiophene rings is 1. The van der Waals surface area contributed by atoms with Gasteiger partial charge in [-0.25, -0.2) is 8.42 Å². The summed E-state index contributed by atoms with van der Waals surface area (Å²) >= 11 is 1.16. The molecule has 0 saturated carbocycles. The highest BCUT2D eigenvalue weighted by molar-refractivity contribution is 7.94. The van der Waals surface area contributed by atoms with Crippen LogP contribution in [0, 0.1) is 0 Å². The van der Waals surface area contributed by atoms with E-state index in [0.717, 1.165) is 28.9 Å². The van der Waals surface area contributed by atoms with Crippen molar-refractivity contribution in [2.24, 2.45) is 0 Å². The highest BCUT2D eigenvalue weighted by Crippen LogP contribution is 2.35. The molecule has 8 nitrogen and oxygen atoms in total. The van der Waals surface area contributed by atoms with Gasteiger partial charge in [-0.15, -0.1) is 11.3 Å². The molecule has 4 rings (SSSR count). The molecule has 0 atom stereocenters. The first kappa shape index (κ1) is 21.0. The third kappa shape index (κ3) is 4.59. The number of hydrogen-bond acceptors (Lipinski definition) is 6. The molecule has 0 fully saturated rings. The van der Waals surface area contributed by atoms with Crippen molar-refractivity contribution in [3.05, 3.63) is 71.4 Å². The standard InChI is InChI=1S/C21H20N4O4S2/c26-20(23-14-15-4-1-9-22-13-15)21(27)24-17-8-7-16-5-2-10-25(18(16)12-17)31(28,29)19-6-3-11-30-19/h1,3-4,6-9,11-13H,2,5,10,14H2,(H,23,26)(H,24,27). The highest BCUT2D eigenvalue weighted by atomic mass is 32.2. The van der Waals surface area contributed by atoms with Crippen molar-refractivity contribution in [1.29, 1.82) is 0 Å². The maximum Gasteiger partial charge on any atom is 0.313 e. The molecule has 2 N–H and O–H groups in total. The number of fused-ring (bicyclic) bond motifs is 1. The van der Waals surface area contributed by atoms with E-state index in [1.54, 1.807) is 60.2 Å². The Morgan fingerprint density at radius 2 is 2.00 bits per heavy atom. The number of pyridine rings is 1. The van der Waals surface area contributed by atoms with Crippen molar-refractivity contribution >= 4 is 44.5 Å². The number of benzene rings is 1. The maximum absolute atomic E-state index is 13.1. The van der Waals surface area contributed by atoms with E-state index in [4.69, 9.17) is 0 Å². The van der Waals surface area contributed by atoms with Crippen LogP contribution in [0.15, 0.2) is 64.4 Å². The van der Waals surface area contributed by atoms with Crippen LogP contribution in [0.3, 0.4) is 0 Å². The van der Waals surface area contributed by atoms with Gasteiger partial charge < -0.3 is 10.6 Å². The van der Waals surface area contributed by atoms with Crippen molar-refractivity contribution in [2.75, 3.05) is 16.2 Å². The molecule has 10 heteroatoms. The van der Waals surface area contributed by atoms with Crippen molar-refractivity contribution in [3.63, 3.8) is 0 Å². The van der Waals surface area contributed by atoms with Crippen LogP contribution in [0.5, 0.6) is 0 Å². The summed E-state index contributed by atoms with van der Waals surface area (Å²) in [6.07, 6.45) is 4.67.